The maximum Gasteiger partial charge on any atom is 0.104 e. The van der Waals surface area contributed by atoms with Crippen LogP contribution in [0.2, 0.25) is 0 Å². The van der Waals surface area contributed by atoms with Crippen molar-refractivity contribution in [2.24, 2.45) is 5.73 Å². The van der Waals surface area contributed by atoms with Crippen LogP contribution in [0.4, 0.5) is 0 Å². The molecule has 2 fully saturated rings. The van der Waals surface area contributed by atoms with E-state index in [-0.39, 0.29) is 5.60 Å². The van der Waals surface area contributed by atoms with Crippen molar-refractivity contribution in [2.75, 3.05) is 19.8 Å². The van der Waals surface area contributed by atoms with Crippen LogP contribution in [0.1, 0.15) is 38.5 Å². The summed E-state index contributed by atoms with van der Waals surface area (Å²) >= 11 is 0. The lowest BCUT2D eigenvalue weighted by atomic mass is 9.96. The first-order valence-corrected chi connectivity index (χ1v) is 5.80. The van der Waals surface area contributed by atoms with Crippen molar-refractivity contribution < 1.29 is 9.47 Å². The molecule has 1 aliphatic heterocycles. The normalized spacial score (nSPS) is 34.9. The Hall–Kier alpha value is -0.120. The molecule has 82 valence electrons. The fraction of sp³-hybridized carbons (Fsp3) is 1.00. The minimum atomic E-state index is -0.159. The van der Waals surface area contributed by atoms with Gasteiger partial charge in [0.1, 0.15) is 5.60 Å². The van der Waals surface area contributed by atoms with Crippen LogP contribution in [-0.2, 0) is 9.47 Å². The summed E-state index contributed by atoms with van der Waals surface area (Å²) in [5.41, 5.74) is 5.65. The van der Waals surface area contributed by atoms with Gasteiger partial charge in [-0.1, -0.05) is 12.8 Å². The van der Waals surface area contributed by atoms with Gasteiger partial charge in [0.15, 0.2) is 0 Å². The van der Waals surface area contributed by atoms with Crippen molar-refractivity contribution in [3.63, 3.8) is 0 Å². The molecule has 1 saturated carbocycles. The van der Waals surface area contributed by atoms with Crippen LogP contribution in [0.5, 0.6) is 0 Å². The molecule has 0 aromatic carbocycles. The van der Waals surface area contributed by atoms with E-state index in [0.717, 1.165) is 19.4 Å². The Morgan fingerprint density at radius 2 is 2.07 bits per heavy atom. The number of ether oxygens (including phenoxy) is 2. The van der Waals surface area contributed by atoms with Gasteiger partial charge in [0.25, 0.3) is 0 Å². The summed E-state index contributed by atoms with van der Waals surface area (Å²) in [5, 5.41) is 0. The predicted molar refractivity (Wildman–Crippen MR) is 55.2 cm³/mol. The smallest absolute Gasteiger partial charge is 0.104 e. The lowest BCUT2D eigenvalue weighted by molar-refractivity contribution is -0.150. The van der Waals surface area contributed by atoms with Crippen LogP contribution in [0.15, 0.2) is 0 Å². The highest BCUT2D eigenvalue weighted by Gasteiger charge is 2.35. The number of hydrogen-bond donors (Lipinski definition) is 1. The van der Waals surface area contributed by atoms with Crippen molar-refractivity contribution in [3.8, 4) is 0 Å². The molecule has 0 aromatic rings. The second kappa shape index (κ2) is 4.60. The first-order chi connectivity index (χ1) is 6.85. The molecule has 1 atom stereocenters. The summed E-state index contributed by atoms with van der Waals surface area (Å²) in [6, 6.07) is 0. The Labute approximate surface area is 85.9 Å². The maximum absolute atomic E-state index is 6.14. The lowest BCUT2D eigenvalue weighted by Gasteiger charge is -2.38. The van der Waals surface area contributed by atoms with Gasteiger partial charge in [0.2, 0.25) is 0 Å². The zero-order valence-electron chi connectivity index (χ0n) is 8.84. The number of hydrogen-bond acceptors (Lipinski definition) is 3. The Morgan fingerprint density at radius 1 is 1.29 bits per heavy atom. The van der Waals surface area contributed by atoms with Gasteiger partial charge >= 0.3 is 0 Å². The van der Waals surface area contributed by atoms with E-state index in [1.807, 2.05) is 0 Å². The Bertz CT molecular complexity index is 172. The minimum Gasteiger partial charge on any atom is -0.378 e. The molecule has 2 aliphatic rings. The fourth-order valence-electron chi connectivity index (χ4n) is 2.49. The molecule has 0 aromatic heterocycles. The van der Waals surface area contributed by atoms with E-state index in [2.05, 4.69) is 0 Å². The standard InChI is InChI=1S/C11H21NO2/c12-8-11(6-3-7-13-9-11)14-10-4-1-2-5-10/h10H,1-9,12H2. The zero-order chi connectivity index (χ0) is 9.86. The molecule has 14 heavy (non-hydrogen) atoms. The van der Waals surface area contributed by atoms with Crippen molar-refractivity contribution in [3.05, 3.63) is 0 Å². The summed E-state index contributed by atoms with van der Waals surface area (Å²) in [6.45, 7) is 2.17. The zero-order valence-corrected chi connectivity index (χ0v) is 8.84. The van der Waals surface area contributed by atoms with Gasteiger partial charge in [-0.15, -0.1) is 0 Å². The Morgan fingerprint density at radius 3 is 2.64 bits per heavy atom. The Balaban J connectivity index is 1.89. The highest BCUT2D eigenvalue weighted by Crippen LogP contribution is 2.30. The maximum atomic E-state index is 6.14. The summed E-state index contributed by atoms with van der Waals surface area (Å²) in [6.07, 6.45) is 7.64. The third-order valence-corrected chi connectivity index (χ3v) is 3.38. The van der Waals surface area contributed by atoms with Crippen LogP contribution < -0.4 is 5.73 Å². The van der Waals surface area contributed by atoms with Crippen LogP contribution in [0.3, 0.4) is 0 Å². The molecule has 3 heteroatoms. The van der Waals surface area contributed by atoms with Crippen LogP contribution in [0.25, 0.3) is 0 Å². The van der Waals surface area contributed by atoms with Gasteiger partial charge in [0, 0.05) is 13.2 Å². The van der Waals surface area contributed by atoms with Gasteiger partial charge in [0.05, 0.1) is 12.7 Å². The van der Waals surface area contributed by atoms with Gasteiger partial charge in [-0.05, 0) is 25.7 Å². The van der Waals surface area contributed by atoms with E-state index >= 15 is 0 Å². The lowest BCUT2D eigenvalue weighted by Crippen LogP contribution is -2.49. The van der Waals surface area contributed by atoms with E-state index in [1.165, 1.54) is 25.7 Å². The first kappa shape index (κ1) is 10.4. The molecular formula is C11H21NO2. The summed E-state index contributed by atoms with van der Waals surface area (Å²) in [5.74, 6) is 0. The fourth-order valence-corrected chi connectivity index (χ4v) is 2.49. The van der Waals surface area contributed by atoms with E-state index in [0.29, 0.717) is 19.3 Å². The molecule has 1 saturated heterocycles. The van der Waals surface area contributed by atoms with Gasteiger partial charge in [-0.2, -0.15) is 0 Å². The molecule has 1 unspecified atom stereocenters. The quantitative estimate of drug-likeness (QED) is 0.748. The first-order valence-electron chi connectivity index (χ1n) is 5.80. The SMILES string of the molecule is NCC1(OC2CCCC2)CCCOC1. The van der Waals surface area contributed by atoms with Gasteiger partial charge in [-0.25, -0.2) is 0 Å². The van der Waals surface area contributed by atoms with Crippen molar-refractivity contribution in [2.45, 2.75) is 50.2 Å². The van der Waals surface area contributed by atoms with Crippen LogP contribution in [0, 0.1) is 0 Å². The third-order valence-electron chi connectivity index (χ3n) is 3.38. The van der Waals surface area contributed by atoms with E-state index < -0.39 is 0 Å². The molecule has 2 N–H and O–H groups in total. The molecule has 2 rings (SSSR count). The molecule has 0 bridgehead atoms. The second-order valence-corrected chi connectivity index (χ2v) is 4.57. The van der Waals surface area contributed by atoms with Crippen molar-refractivity contribution in [1.29, 1.82) is 0 Å². The Kier molecular flexibility index (Phi) is 3.42. The highest BCUT2D eigenvalue weighted by molar-refractivity contribution is 4.86. The van der Waals surface area contributed by atoms with E-state index in [9.17, 15) is 0 Å². The van der Waals surface area contributed by atoms with Gasteiger partial charge in [-0.3, -0.25) is 0 Å². The second-order valence-electron chi connectivity index (χ2n) is 4.57. The van der Waals surface area contributed by atoms with Crippen molar-refractivity contribution >= 4 is 0 Å². The van der Waals surface area contributed by atoms with E-state index in [4.69, 9.17) is 15.2 Å². The van der Waals surface area contributed by atoms with Crippen LogP contribution >= 0.6 is 0 Å². The number of rotatable bonds is 3. The average Bonchev–Trinajstić information content (AvgIpc) is 2.72. The van der Waals surface area contributed by atoms with Crippen LogP contribution in [-0.4, -0.2) is 31.5 Å². The average molecular weight is 199 g/mol. The summed E-state index contributed by atoms with van der Waals surface area (Å²) < 4.78 is 11.6. The third kappa shape index (κ3) is 2.27. The predicted octanol–water partition coefficient (Wildman–Crippen LogP) is 1.45. The largest absolute Gasteiger partial charge is 0.378 e. The number of nitrogens with two attached hydrogens (primary N) is 1. The molecule has 1 aliphatic carbocycles. The van der Waals surface area contributed by atoms with Gasteiger partial charge < -0.3 is 15.2 Å². The molecule has 1 heterocycles. The topological polar surface area (TPSA) is 44.5 Å². The summed E-state index contributed by atoms with van der Waals surface area (Å²) in [7, 11) is 0. The van der Waals surface area contributed by atoms with Crippen molar-refractivity contribution in [1.82, 2.24) is 0 Å². The monoisotopic (exact) mass is 199 g/mol. The summed E-state index contributed by atoms with van der Waals surface area (Å²) in [4.78, 5) is 0. The molecule has 3 nitrogen and oxygen atoms in total. The molecule has 0 spiro atoms. The highest BCUT2D eigenvalue weighted by atomic mass is 16.6. The minimum absolute atomic E-state index is 0.159. The molecule has 0 radical (unpaired) electrons. The molecule has 0 amide bonds. The molecular weight excluding hydrogens is 178 g/mol. The van der Waals surface area contributed by atoms with E-state index in [1.54, 1.807) is 0 Å².